The Kier molecular flexibility index (Phi) is 5.66. The number of hydrogen-bond donors (Lipinski definition) is 1. The van der Waals surface area contributed by atoms with Crippen molar-refractivity contribution in [3.63, 3.8) is 0 Å². The van der Waals surface area contributed by atoms with Gasteiger partial charge in [-0.2, -0.15) is 0 Å². The van der Waals surface area contributed by atoms with Crippen molar-refractivity contribution in [2.45, 2.75) is 46.6 Å². The summed E-state index contributed by atoms with van der Waals surface area (Å²) in [5.74, 6) is 1.64. The maximum Gasteiger partial charge on any atom is 0.153 e. The highest BCUT2D eigenvalue weighted by Gasteiger charge is 2.21. The number of anilines is 2. The van der Waals surface area contributed by atoms with Crippen molar-refractivity contribution < 1.29 is 0 Å². The number of nitrogens with zero attached hydrogens (tertiary/aromatic N) is 3. The predicted octanol–water partition coefficient (Wildman–Crippen LogP) is 3.36. The van der Waals surface area contributed by atoms with Gasteiger partial charge in [-0.1, -0.05) is 39.3 Å². The standard InChI is InChI=1S/C13H23ClN4/c1-5-10(6-2)18(7-9(3)4)13-11(14)12(15)16-8-17-13/h8-10H,5-7H2,1-4H3,(H2,15,16,17). The van der Waals surface area contributed by atoms with Gasteiger partial charge < -0.3 is 10.6 Å². The van der Waals surface area contributed by atoms with E-state index >= 15 is 0 Å². The lowest BCUT2D eigenvalue weighted by atomic mass is 10.1. The largest absolute Gasteiger partial charge is 0.382 e. The van der Waals surface area contributed by atoms with Crippen molar-refractivity contribution >= 4 is 23.2 Å². The molecule has 1 aromatic rings. The Hall–Kier alpha value is -1.03. The van der Waals surface area contributed by atoms with Gasteiger partial charge in [-0.15, -0.1) is 0 Å². The van der Waals surface area contributed by atoms with Gasteiger partial charge in [0.1, 0.15) is 17.2 Å². The highest BCUT2D eigenvalue weighted by atomic mass is 35.5. The van der Waals surface area contributed by atoms with E-state index < -0.39 is 0 Å². The maximum atomic E-state index is 6.24. The summed E-state index contributed by atoms with van der Waals surface area (Å²) in [7, 11) is 0. The van der Waals surface area contributed by atoms with E-state index in [1.54, 1.807) is 0 Å². The van der Waals surface area contributed by atoms with Crippen molar-refractivity contribution in [3.05, 3.63) is 11.3 Å². The number of nitrogens with two attached hydrogens (primary N) is 1. The molecule has 1 aromatic heterocycles. The van der Waals surface area contributed by atoms with E-state index in [1.807, 2.05) is 0 Å². The second-order valence-electron chi connectivity index (χ2n) is 4.91. The lowest BCUT2D eigenvalue weighted by Crippen LogP contribution is -2.38. The first kappa shape index (κ1) is 15.0. The highest BCUT2D eigenvalue weighted by Crippen LogP contribution is 2.30. The van der Waals surface area contributed by atoms with Crippen LogP contribution in [-0.2, 0) is 0 Å². The fourth-order valence-electron chi connectivity index (χ4n) is 2.11. The molecule has 0 unspecified atom stereocenters. The maximum absolute atomic E-state index is 6.24. The van der Waals surface area contributed by atoms with Gasteiger partial charge in [-0.3, -0.25) is 0 Å². The lowest BCUT2D eigenvalue weighted by molar-refractivity contribution is 0.503. The third kappa shape index (κ3) is 3.48. The van der Waals surface area contributed by atoms with Crippen molar-refractivity contribution in [3.8, 4) is 0 Å². The zero-order chi connectivity index (χ0) is 13.7. The second-order valence-corrected chi connectivity index (χ2v) is 5.29. The van der Waals surface area contributed by atoms with E-state index in [0.717, 1.165) is 25.2 Å². The minimum atomic E-state index is 0.348. The smallest absolute Gasteiger partial charge is 0.153 e. The number of aromatic nitrogens is 2. The van der Waals surface area contributed by atoms with Crippen molar-refractivity contribution in [2.24, 2.45) is 5.92 Å². The zero-order valence-corrected chi connectivity index (χ0v) is 12.4. The summed E-state index contributed by atoms with van der Waals surface area (Å²) in [6.07, 6.45) is 3.60. The molecular weight excluding hydrogens is 248 g/mol. The lowest BCUT2D eigenvalue weighted by Gasteiger charge is -2.33. The number of rotatable bonds is 6. The first-order valence-corrected chi connectivity index (χ1v) is 6.91. The highest BCUT2D eigenvalue weighted by molar-refractivity contribution is 6.35. The molecule has 1 heterocycles. The van der Waals surface area contributed by atoms with Gasteiger partial charge in [-0.25, -0.2) is 9.97 Å². The summed E-state index contributed by atoms with van der Waals surface area (Å²) >= 11 is 6.24. The van der Waals surface area contributed by atoms with Crippen LogP contribution in [0.3, 0.4) is 0 Å². The topological polar surface area (TPSA) is 55.0 Å². The first-order valence-electron chi connectivity index (χ1n) is 6.53. The first-order chi connectivity index (χ1) is 8.51. The normalized spacial score (nSPS) is 11.3. The van der Waals surface area contributed by atoms with Crippen LogP contribution in [0.2, 0.25) is 5.02 Å². The molecule has 0 saturated carbocycles. The minimum Gasteiger partial charge on any atom is -0.382 e. The number of hydrogen-bond acceptors (Lipinski definition) is 4. The Morgan fingerprint density at radius 1 is 1.28 bits per heavy atom. The molecule has 0 aliphatic heterocycles. The molecule has 0 fully saturated rings. The fraction of sp³-hybridized carbons (Fsp3) is 0.692. The molecule has 4 nitrogen and oxygen atoms in total. The molecule has 102 valence electrons. The van der Waals surface area contributed by atoms with E-state index in [2.05, 4.69) is 42.6 Å². The van der Waals surface area contributed by atoms with Gasteiger partial charge in [0.25, 0.3) is 0 Å². The molecule has 0 atom stereocenters. The van der Waals surface area contributed by atoms with Crippen molar-refractivity contribution in [2.75, 3.05) is 17.2 Å². The second kappa shape index (κ2) is 6.78. The van der Waals surface area contributed by atoms with Gasteiger partial charge in [-0.05, 0) is 18.8 Å². The monoisotopic (exact) mass is 270 g/mol. The van der Waals surface area contributed by atoms with Gasteiger partial charge in [0, 0.05) is 12.6 Å². The molecule has 0 bridgehead atoms. The molecule has 0 aliphatic carbocycles. The van der Waals surface area contributed by atoms with Crippen LogP contribution in [0, 0.1) is 5.92 Å². The molecule has 0 radical (unpaired) electrons. The summed E-state index contributed by atoms with van der Waals surface area (Å²) < 4.78 is 0. The third-order valence-corrected chi connectivity index (χ3v) is 3.38. The van der Waals surface area contributed by atoms with E-state index in [1.165, 1.54) is 6.33 Å². The molecule has 0 saturated heterocycles. The average molecular weight is 271 g/mol. The summed E-state index contributed by atoms with van der Waals surface area (Å²) in [6, 6.07) is 0.430. The van der Waals surface area contributed by atoms with E-state index in [-0.39, 0.29) is 0 Å². The van der Waals surface area contributed by atoms with Gasteiger partial charge >= 0.3 is 0 Å². The summed E-state index contributed by atoms with van der Waals surface area (Å²) in [5.41, 5.74) is 5.76. The Morgan fingerprint density at radius 2 is 1.89 bits per heavy atom. The van der Waals surface area contributed by atoms with Crippen LogP contribution in [0.25, 0.3) is 0 Å². The molecular formula is C13H23ClN4. The van der Waals surface area contributed by atoms with Gasteiger partial charge in [0.2, 0.25) is 0 Å². The van der Waals surface area contributed by atoms with Crippen LogP contribution in [0.1, 0.15) is 40.5 Å². The van der Waals surface area contributed by atoms with Crippen LogP contribution in [-0.4, -0.2) is 22.6 Å². The third-order valence-electron chi connectivity index (χ3n) is 3.02. The molecule has 1 rings (SSSR count). The molecule has 0 aliphatic rings. The SMILES string of the molecule is CCC(CC)N(CC(C)C)c1ncnc(N)c1Cl. The zero-order valence-electron chi connectivity index (χ0n) is 11.7. The Labute approximate surface area is 115 Å². The quantitative estimate of drug-likeness (QED) is 0.861. The fourth-order valence-corrected chi connectivity index (χ4v) is 2.31. The molecule has 0 spiro atoms. The Morgan fingerprint density at radius 3 is 2.39 bits per heavy atom. The molecule has 18 heavy (non-hydrogen) atoms. The van der Waals surface area contributed by atoms with Crippen molar-refractivity contribution in [1.82, 2.24) is 9.97 Å². The minimum absolute atomic E-state index is 0.348. The van der Waals surface area contributed by atoms with Gasteiger partial charge in [0.05, 0.1) is 0 Å². The van der Waals surface area contributed by atoms with Crippen LogP contribution in [0.15, 0.2) is 6.33 Å². The summed E-state index contributed by atoms with van der Waals surface area (Å²) in [4.78, 5) is 10.5. The van der Waals surface area contributed by atoms with Crippen molar-refractivity contribution in [1.29, 1.82) is 0 Å². The van der Waals surface area contributed by atoms with Crippen LogP contribution in [0.4, 0.5) is 11.6 Å². The predicted molar refractivity (Wildman–Crippen MR) is 78.0 cm³/mol. The summed E-state index contributed by atoms with van der Waals surface area (Å²) in [6.45, 7) is 9.66. The van der Waals surface area contributed by atoms with Crippen LogP contribution >= 0.6 is 11.6 Å². The average Bonchev–Trinajstić information content (AvgIpc) is 2.32. The van der Waals surface area contributed by atoms with Gasteiger partial charge in [0.15, 0.2) is 5.82 Å². The Bertz CT molecular complexity index is 377. The summed E-state index contributed by atoms with van der Waals surface area (Å²) in [5, 5.41) is 0.463. The number of halogens is 1. The van der Waals surface area contributed by atoms with E-state index in [4.69, 9.17) is 17.3 Å². The molecule has 0 amide bonds. The van der Waals surface area contributed by atoms with Crippen LogP contribution in [0.5, 0.6) is 0 Å². The Balaban J connectivity index is 3.12. The van der Waals surface area contributed by atoms with E-state index in [0.29, 0.717) is 22.8 Å². The molecule has 0 aromatic carbocycles. The van der Waals surface area contributed by atoms with E-state index in [9.17, 15) is 0 Å². The van der Waals surface area contributed by atoms with Crippen LogP contribution < -0.4 is 10.6 Å². The molecule has 5 heteroatoms. The number of nitrogen functional groups attached to an aromatic ring is 1. The molecule has 2 N–H and O–H groups in total.